The molecule has 0 saturated heterocycles. The summed E-state index contributed by atoms with van der Waals surface area (Å²) >= 11 is 0. The molecule has 142 valence electrons. The normalized spacial score (nSPS) is 10.5. The fourth-order valence-corrected chi connectivity index (χ4v) is 2.82. The van der Waals surface area contributed by atoms with E-state index in [-0.39, 0.29) is 30.3 Å². The van der Waals surface area contributed by atoms with E-state index in [9.17, 15) is 14.4 Å². The summed E-state index contributed by atoms with van der Waals surface area (Å²) in [6, 6.07) is 17.0. The van der Waals surface area contributed by atoms with Crippen molar-refractivity contribution in [2.24, 2.45) is 0 Å². The molecule has 6 nitrogen and oxygen atoms in total. The van der Waals surface area contributed by atoms with Gasteiger partial charge in [-0.3, -0.25) is 14.4 Å². The lowest BCUT2D eigenvalue weighted by Gasteiger charge is -2.10. The second-order valence-electron chi connectivity index (χ2n) is 6.53. The molecular weight excluding hydrogens is 354 g/mol. The van der Waals surface area contributed by atoms with Crippen LogP contribution in [0.5, 0.6) is 0 Å². The van der Waals surface area contributed by atoms with E-state index in [1.54, 1.807) is 49.4 Å². The van der Waals surface area contributed by atoms with Crippen molar-refractivity contribution in [1.29, 1.82) is 0 Å². The van der Waals surface area contributed by atoms with Gasteiger partial charge in [-0.05, 0) is 26.0 Å². The Morgan fingerprint density at radius 2 is 1.61 bits per heavy atom. The van der Waals surface area contributed by atoms with Crippen molar-refractivity contribution in [3.63, 3.8) is 0 Å². The molecule has 1 N–H and O–H groups in total. The number of aromatic nitrogens is 2. The molecule has 6 heteroatoms. The molecule has 0 aliphatic rings. The molecule has 0 spiro atoms. The summed E-state index contributed by atoms with van der Waals surface area (Å²) in [6.45, 7) is 4.22. The Morgan fingerprint density at radius 3 is 2.32 bits per heavy atom. The predicted octanol–water partition coefficient (Wildman–Crippen LogP) is 2.52. The van der Waals surface area contributed by atoms with Crippen LogP contribution in [-0.4, -0.2) is 28.0 Å². The Balaban J connectivity index is 1.74. The standard InChI is InChI=1S/C22H21N3O3/c1-15-7-10-17(11-8-15)21(27)18-5-3-4-6-19(18)22(28)23-13-14-25-20(26)12-9-16(2)24-25/h3-12H,13-14H2,1-2H3,(H,23,28). The van der Waals surface area contributed by atoms with Crippen LogP contribution in [0.1, 0.15) is 37.5 Å². The average Bonchev–Trinajstić information content (AvgIpc) is 2.70. The van der Waals surface area contributed by atoms with Crippen molar-refractivity contribution >= 4 is 11.7 Å². The minimum atomic E-state index is -0.364. The molecule has 3 aromatic rings. The van der Waals surface area contributed by atoms with Crippen LogP contribution in [0.2, 0.25) is 0 Å². The van der Waals surface area contributed by atoms with E-state index < -0.39 is 0 Å². The summed E-state index contributed by atoms with van der Waals surface area (Å²) in [5.41, 5.74) is 2.73. The molecule has 0 aliphatic heterocycles. The van der Waals surface area contributed by atoms with Gasteiger partial charge in [0, 0.05) is 23.7 Å². The van der Waals surface area contributed by atoms with Crippen molar-refractivity contribution in [3.8, 4) is 0 Å². The first kappa shape index (κ1) is 19.2. The number of rotatable bonds is 6. The predicted molar refractivity (Wildman–Crippen MR) is 107 cm³/mol. The van der Waals surface area contributed by atoms with Gasteiger partial charge in [-0.25, -0.2) is 4.68 Å². The SMILES string of the molecule is Cc1ccc(C(=O)c2ccccc2C(=O)NCCn2nc(C)ccc2=O)cc1. The smallest absolute Gasteiger partial charge is 0.266 e. The van der Waals surface area contributed by atoms with E-state index in [4.69, 9.17) is 0 Å². The average molecular weight is 375 g/mol. The molecule has 0 aliphatic carbocycles. The summed E-state index contributed by atoms with van der Waals surface area (Å²) in [6.07, 6.45) is 0. The van der Waals surface area contributed by atoms with Crippen LogP contribution >= 0.6 is 0 Å². The number of benzene rings is 2. The zero-order chi connectivity index (χ0) is 20.1. The highest BCUT2D eigenvalue weighted by atomic mass is 16.2. The number of hydrogen-bond acceptors (Lipinski definition) is 4. The second-order valence-corrected chi connectivity index (χ2v) is 6.53. The molecule has 28 heavy (non-hydrogen) atoms. The van der Waals surface area contributed by atoms with E-state index in [2.05, 4.69) is 10.4 Å². The molecular formula is C22H21N3O3. The van der Waals surface area contributed by atoms with Crippen LogP contribution in [0.15, 0.2) is 65.5 Å². The summed E-state index contributed by atoms with van der Waals surface area (Å²) in [7, 11) is 0. The highest BCUT2D eigenvalue weighted by molar-refractivity contribution is 6.15. The Hall–Kier alpha value is -3.54. The molecule has 0 fully saturated rings. The molecule has 0 unspecified atom stereocenters. The van der Waals surface area contributed by atoms with Crippen molar-refractivity contribution in [3.05, 3.63) is 99.0 Å². The number of aryl methyl sites for hydroxylation is 2. The van der Waals surface area contributed by atoms with Crippen LogP contribution in [0.3, 0.4) is 0 Å². The van der Waals surface area contributed by atoms with E-state index in [0.29, 0.717) is 16.7 Å². The lowest BCUT2D eigenvalue weighted by Crippen LogP contribution is -2.32. The zero-order valence-electron chi connectivity index (χ0n) is 15.8. The van der Waals surface area contributed by atoms with Gasteiger partial charge in [-0.2, -0.15) is 5.10 Å². The van der Waals surface area contributed by atoms with Crippen LogP contribution in [0.4, 0.5) is 0 Å². The number of carbonyl (C=O) groups is 2. The topological polar surface area (TPSA) is 81.1 Å². The van der Waals surface area contributed by atoms with Crippen LogP contribution < -0.4 is 10.9 Å². The van der Waals surface area contributed by atoms with Crippen molar-refractivity contribution in [2.45, 2.75) is 20.4 Å². The summed E-state index contributed by atoms with van der Waals surface area (Å²) in [5.74, 6) is -0.570. The Kier molecular flexibility index (Phi) is 5.79. The number of amides is 1. The maximum absolute atomic E-state index is 12.8. The third-order valence-electron chi connectivity index (χ3n) is 4.34. The fourth-order valence-electron chi connectivity index (χ4n) is 2.82. The van der Waals surface area contributed by atoms with E-state index >= 15 is 0 Å². The van der Waals surface area contributed by atoms with Crippen LogP contribution in [0, 0.1) is 13.8 Å². The fraction of sp³-hybridized carbons (Fsp3) is 0.182. The molecule has 0 atom stereocenters. The number of carbonyl (C=O) groups excluding carboxylic acids is 2. The summed E-state index contributed by atoms with van der Waals surface area (Å²) < 4.78 is 1.30. The lowest BCUT2D eigenvalue weighted by molar-refractivity contribution is 0.0940. The minimum absolute atomic E-state index is 0.206. The Labute approximate surface area is 162 Å². The maximum Gasteiger partial charge on any atom is 0.266 e. The number of nitrogens with zero attached hydrogens (tertiary/aromatic N) is 2. The van der Waals surface area contributed by atoms with Gasteiger partial charge in [0.25, 0.3) is 11.5 Å². The molecule has 1 aromatic heterocycles. The van der Waals surface area contributed by atoms with Crippen LogP contribution in [-0.2, 0) is 6.54 Å². The highest BCUT2D eigenvalue weighted by Gasteiger charge is 2.17. The number of ketones is 1. The van der Waals surface area contributed by atoms with Crippen molar-refractivity contribution in [2.75, 3.05) is 6.54 Å². The zero-order valence-corrected chi connectivity index (χ0v) is 15.8. The summed E-state index contributed by atoms with van der Waals surface area (Å²) in [5, 5.41) is 6.89. The maximum atomic E-state index is 12.8. The van der Waals surface area contributed by atoms with Crippen molar-refractivity contribution in [1.82, 2.24) is 15.1 Å². The van der Waals surface area contributed by atoms with Gasteiger partial charge in [-0.15, -0.1) is 0 Å². The van der Waals surface area contributed by atoms with Gasteiger partial charge in [0.05, 0.1) is 17.8 Å². The number of nitrogens with one attached hydrogen (secondary N) is 1. The van der Waals surface area contributed by atoms with Gasteiger partial charge in [0.2, 0.25) is 0 Å². The quantitative estimate of drug-likeness (QED) is 0.672. The lowest BCUT2D eigenvalue weighted by atomic mass is 9.97. The molecule has 0 saturated carbocycles. The first-order valence-electron chi connectivity index (χ1n) is 8.99. The monoisotopic (exact) mass is 375 g/mol. The first-order valence-corrected chi connectivity index (χ1v) is 8.99. The van der Waals surface area contributed by atoms with Gasteiger partial charge in [0.1, 0.15) is 0 Å². The molecule has 2 aromatic carbocycles. The van der Waals surface area contributed by atoms with E-state index in [1.165, 1.54) is 10.7 Å². The largest absolute Gasteiger partial charge is 0.350 e. The van der Waals surface area contributed by atoms with Gasteiger partial charge in [-0.1, -0.05) is 48.0 Å². The molecule has 0 bridgehead atoms. The third-order valence-corrected chi connectivity index (χ3v) is 4.34. The molecule has 0 radical (unpaired) electrons. The number of hydrogen-bond donors (Lipinski definition) is 1. The molecule has 3 rings (SSSR count). The Morgan fingerprint density at radius 1 is 0.929 bits per heavy atom. The second kappa shape index (κ2) is 8.43. The van der Waals surface area contributed by atoms with Gasteiger partial charge in [0.15, 0.2) is 5.78 Å². The third kappa shape index (κ3) is 4.40. The summed E-state index contributed by atoms with van der Waals surface area (Å²) in [4.78, 5) is 37.2. The van der Waals surface area contributed by atoms with Crippen molar-refractivity contribution < 1.29 is 9.59 Å². The molecule has 1 heterocycles. The van der Waals surface area contributed by atoms with Gasteiger partial charge < -0.3 is 5.32 Å². The van der Waals surface area contributed by atoms with Crippen LogP contribution in [0.25, 0.3) is 0 Å². The van der Waals surface area contributed by atoms with Gasteiger partial charge >= 0.3 is 0 Å². The first-order chi connectivity index (χ1) is 13.5. The van der Waals surface area contributed by atoms with E-state index in [1.807, 2.05) is 19.1 Å². The van der Waals surface area contributed by atoms with E-state index in [0.717, 1.165) is 11.3 Å². The molecule has 1 amide bonds. The Bertz CT molecular complexity index is 1070. The minimum Gasteiger partial charge on any atom is -0.350 e. The highest BCUT2D eigenvalue weighted by Crippen LogP contribution is 2.15.